The third kappa shape index (κ3) is 2.91. The summed E-state index contributed by atoms with van der Waals surface area (Å²) in [6, 6.07) is 20.8. The number of para-hydroxylation sites is 2. The van der Waals surface area contributed by atoms with Crippen LogP contribution in [0.15, 0.2) is 54.6 Å². The van der Waals surface area contributed by atoms with Gasteiger partial charge in [-0.2, -0.15) is 5.26 Å². The summed E-state index contributed by atoms with van der Waals surface area (Å²) in [5, 5.41) is 9.71. The van der Waals surface area contributed by atoms with E-state index in [0.29, 0.717) is 5.56 Å². The number of pyridine rings is 1. The topological polar surface area (TPSA) is 56.8 Å². The predicted octanol–water partition coefficient (Wildman–Crippen LogP) is 4.00. The molecule has 2 aromatic heterocycles. The molecule has 0 spiro atoms. The van der Waals surface area contributed by atoms with Crippen molar-refractivity contribution in [2.24, 2.45) is 0 Å². The van der Waals surface area contributed by atoms with Crippen LogP contribution < -0.4 is 14.5 Å². The molecular formula is C24H23N5O. The Morgan fingerprint density at radius 1 is 0.967 bits per heavy atom. The third-order valence-electron chi connectivity index (χ3n) is 5.91. The van der Waals surface area contributed by atoms with Gasteiger partial charge in [0.2, 0.25) is 0 Å². The first-order chi connectivity index (χ1) is 14.7. The summed E-state index contributed by atoms with van der Waals surface area (Å²) in [5.74, 6) is 1.98. The first-order valence-electron chi connectivity index (χ1n) is 10.1. The molecule has 0 aliphatic carbocycles. The number of fused-ring (bicyclic) bond motifs is 3. The van der Waals surface area contributed by atoms with Gasteiger partial charge in [0.1, 0.15) is 17.6 Å². The fourth-order valence-electron chi connectivity index (χ4n) is 4.29. The Hall–Kier alpha value is -3.72. The minimum absolute atomic E-state index is 0.645. The van der Waals surface area contributed by atoms with E-state index in [1.807, 2.05) is 37.3 Å². The Morgan fingerprint density at radius 3 is 2.37 bits per heavy atom. The number of nitriles is 1. The summed E-state index contributed by atoms with van der Waals surface area (Å²) in [5.41, 5.74) is 5.52. The molecule has 0 bridgehead atoms. The fraction of sp³-hybridized carbons (Fsp3) is 0.250. The lowest BCUT2D eigenvalue weighted by Crippen LogP contribution is -2.47. The molecule has 0 unspecified atom stereocenters. The van der Waals surface area contributed by atoms with Gasteiger partial charge in [0.05, 0.1) is 23.7 Å². The van der Waals surface area contributed by atoms with Crippen LogP contribution in [-0.2, 0) is 0 Å². The van der Waals surface area contributed by atoms with Crippen LogP contribution in [-0.4, -0.2) is 42.7 Å². The number of ether oxygens (including phenoxy) is 1. The molecule has 5 rings (SSSR count). The van der Waals surface area contributed by atoms with Gasteiger partial charge in [-0.05, 0) is 55.0 Å². The van der Waals surface area contributed by atoms with E-state index in [0.717, 1.165) is 60.0 Å². The van der Waals surface area contributed by atoms with Gasteiger partial charge in [-0.1, -0.05) is 12.1 Å². The number of nitrogens with zero attached hydrogens (tertiary/aromatic N) is 5. The fourth-order valence-corrected chi connectivity index (χ4v) is 4.29. The van der Waals surface area contributed by atoms with Crippen molar-refractivity contribution in [2.45, 2.75) is 6.92 Å². The van der Waals surface area contributed by atoms with Gasteiger partial charge in [0.25, 0.3) is 0 Å². The number of anilines is 2. The van der Waals surface area contributed by atoms with Crippen LogP contribution in [0.3, 0.4) is 0 Å². The monoisotopic (exact) mass is 397 g/mol. The highest BCUT2D eigenvalue weighted by molar-refractivity contribution is 5.85. The molecule has 1 fully saturated rings. The maximum Gasteiger partial charge on any atom is 0.157 e. The second kappa shape index (κ2) is 7.27. The molecule has 4 aromatic rings. The number of piperazine rings is 1. The average molecular weight is 397 g/mol. The van der Waals surface area contributed by atoms with E-state index in [1.54, 1.807) is 7.11 Å². The van der Waals surface area contributed by atoms with Crippen molar-refractivity contribution in [3.05, 3.63) is 65.7 Å². The van der Waals surface area contributed by atoms with E-state index < -0.39 is 0 Å². The van der Waals surface area contributed by atoms with Crippen molar-refractivity contribution in [1.29, 1.82) is 5.26 Å². The number of methoxy groups -OCH3 is 1. The molecule has 6 heteroatoms. The molecule has 1 aliphatic rings. The highest BCUT2D eigenvalue weighted by Gasteiger charge is 2.22. The van der Waals surface area contributed by atoms with Gasteiger partial charge in [-0.15, -0.1) is 0 Å². The van der Waals surface area contributed by atoms with E-state index in [9.17, 15) is 5.26 Å². The maximum atomic E-state index is 9.71. The Morgan fingerprint density at radius 2 is 1.67 bits per heavy atom. The van der Waals surface area contributed by atoms with Gasteiger partial charge < -0.3 is 14.5 Å². The molecule has 1 saturated heterocycles. The summed E-state index contributed by atoms with van der Waals surface area (Å²) in [7, 11) is 1.69. The van der Waals surface area contributed by atoms with Crippen LogP contribution in [0.25, 0.3) is 16.7 Å². The van der Waals surface area contributed by atoms with Gasteiger partial charge >= 0.3 is 0 Å². The quantitative estimate of drug-likeness (QED) is 0.523. The molecule has 2 aromatic carbocycles. The number of hydrogen-bond donors (Lipinski definition) is 0. The van der Waals surface area contributed by atoms with Gasteiger partial charge in [0, 0.05) is 31.9 Å². The second-order valence-electron chi connectivity index (χ2n) is 7.60. The van der Waals surface area contributed by atoms with Gasteiger partial charge in [-0.25, -0.2) is 4.98 Å². The second-order valence-corrected chi connectivity index (χ2v) is 7.60. The number of aryl methyl sites for hydroxylation is 1. The SMILES string of the molecule is COc1ccc(N2CCN(c3cc(C)c(C#N)c4nc5ccccc5n34)CC2)cc1. The van der Waals surface area contributed by atoms with E-state index >= 15 is 0 Å². The molecule has 0 atom stereocenters. The Labute approximate surface area is 175 Å². The summed E-state index contributed by atoms with van der Waals surface area (Å²) in [4.78, 5) is 9.57. The Bertz CT molecular complexity index is 1260. The normalized spacial score (nSPS) is 14.3. The summed E-state index contributed by atoms with van der Waals surface area (Å²) < 4.78 is 7.41. The number of benzene rings is 2. The molecular weight excluding hydrogens is 374 g/mol. The van der Waals surface area contributed by atoms with Crippen LogP contribution >= 0.6 is 0 Å². The minimum atomic E-state index is 0.645. The number of aromatic nitrogens is 2. The molecule has 30 heavy (non-hydrogen) atoms. The zero-order valence-electron chi connectivity index (χ0n) is 17.2. The molecule has 0 radical (unpaired) electrons. The van der Waals surface area contributed by atoms with Crippen molar-refractivity contribution >= 4 is 28.2 Å². The van der Waals surface area contributed by atoms with E-state index in [2.05, 4.69) is 44.5 Å². The molecule has 150 valence electrons. The van der Waals surface area contributed by atoms with Crippen LogP contribution in [0.2, 0.25) is 0 Å². The zero-order chi connectivity index (χ0) is 20.7. The average Bonchev–Trinajstić information content (AvgIpc) is 3.18. The summed E-state index contributed by atoms with van der Waals surface area (Å²) >= 11 is 0. The highest BCUT2D eigenvalue weighted by atomic mass is 16.5. The maximum absolute atomic E-state index is 9.71. The predicted molar refractivity (Wildman–Crippen MR) is 120 cm³/mol. The first-order valence-corrected chi connectivity index (χ1v) is 10.1. The standard InChI is InChI=1S/C24H23N5O/c1-17-15-23(29-22-6-4-3-5-21(22)26-24(29)20(17)16-25)28-13-11-27(12-14-28)18-7-9-19(30-2)10-8-18/h3-10,15H,11-14H2,1-2H3. The molecule has 6 nitrogen and oxygen atoms in total. The zero-order valence-corrected chi connectivity index (χ0v) is 17.2. The van der Waals surface area contributed by atoms with Crippen LogP contribution in [0.5, 0.6) is 5.75 Å². The van der Waals surface area contributed by atoms with Crippen molar-refractivity contribution in [1.82, 2.24) is 9.38 Å². The summed E-state index contributed by atoms with van der Waals surface area (Å²) in [6.07, 6.45) is 0. The van der Waals surface area contributed by atoms with E-state index in [1.165, 1.54) is 5.69 Å². The largest absolute Gasteiger partial charge is 0.497 e. The molecule has 3 heterocycles. The molecule has 0 N–H and O–H groups in total. The molecule has 1 aliphatic heterocycles. The van der Waals surface area contributed by atoms with Gasteiger partial charge in [0.15, 0.2) is 5.65 Å². The van der Waals surface area contributed by atoms with Crippen LogP contribution in [0.4, 0.5) is 11.5 Å². The lowest BCUT2D eigenvalue weighted by Gasteiger charge is -2.37. The first kappa shape index (κ1) is 18.3. The lowest BCUT2D eigenvalue weighted by molar-refractivity contribution is 0.415. The molecule has 0 saturated carbocycles. The molecule has 0 amide bonds. The van der Waals surface area contributed by atoms with Crippen molar-refractivity contribution in [3.63, 3.8) is 0 Å². The van der Waals surface area contributed by atoms with E-state index in [4.69, 9.17) is 9.72 Å². The van der Waals surface area contributed by atoms with Gasteiger partial charge in [-0.3, -0.25) is 4.40 Å². The van der Waals surface area contributed by atoms with Crippen LogP contribution in [0, 0.1) is 18.3 Å². The Balaban J connectivity index is 1.50. The minimum Gasteiger partial charge on any atom is -0.497 e. The number of rotatable bonds is 3. The summed E-state index contributed by atoms with van der Waals surface area (Å²) in [6.45, 7) is 5.66. The Kier molecular flexibility index (Phi) is 4.44. The smallest absolute Gasteiger partial charge is 0.157 e. The van der Waals surface area contributed by atoms with Crippen molar-refractivity contribution in [3.8, 4) is 11.8 Å². The number of hydrogen-bond acceptors (Lipinski definition) is 5. The number of imidazole rings is 1. The van der Waals surface area contributed by atoms with Crippen molar-refractivity contribution in [2.75, 3.05) is 43.1 Å². The lowest BCUT2D eigenvalue weighted by atomic mass is 10.1. The highest BCUT2D eigenvalue weighted by Crippen LogP contribution is 2.30. The van der Waals surface area contributed by atoms with E-state index in [-0.39, 0.29) is 0 Å². The van der Waals surface area contributed by atoms with Crippen molar-refractivity contribution < 1.29 is 4.74 Å². The van der Waals surface area contributed by atoms with Crippen LogP contribution in [0.1, 0.15) is 11.1 Å². The third-order valence-corrected chi connectivity index (χ3v) is 5.91.